The Balaban J connectivity index is 2.83. The number of hydrogen-bond acceptors (Lipinski definition) is 2. The van der Waals surface area contributed by atoms with Gasteiger partial charge in [-0.3, -0.25) is 5.10 Å². The van der Waals surface area contributed by atoms with Gasteiger partial charge in [-0.1, -0.05) is 6.07 Å². The average Bonchev–Trinajstić information content (AvgIpc) is 2.52. The monoisotopic (exact) mass is 161 g/mol. The second-order valence-electron chi connectivity index (χ2n) is 2.69. The lowest BCUT2D eigenvalue weighted by Gasteiger charge is -2.01. The molecule has 1 aromatic carbocycles. The Labute approximate surface area is 70.0 Å². The van der Waals surface area contributed by atoms with E-state index in [4.69, 9.17) is 5.11 Å². The van der Waals surface area contributed by atoms with E-state index in [-0.39, 0.29) is 6.61 Å². The normalized spacial score (nSPS) is 10.8. The Morgan fingerprint density at radius 3 is 3.08 bits per heavy atom. The molecule has 0 spiro atoms. The van der Waals surface area contributed by atoms with Gasteiger partial charge in [0.2, 0.25) is 0 Å². The summed E-state index contributed by atoms with van der Waals surface area (Å²) in [5, 5.41) is 16.7. The molecule has 0 amide bonds. The van der Waals surface area contributed by atoms with Gasteiger partial charge in [-0.2, -0.15) is 5.10 Å². The molecule has 1 aromatic heterocycles. The van der Waals surface area contributed by atoms with Crippen molar-refractivity contribution in [2.45, 2.75) is 6.61 Å². The fraction of sp³-hybridized carbons (Fsp3) is 0.111. The van der Waals surface area contributed by atoms with Crippen LogP contribution >= 0.6 is 0 Å². The van der Waals surface area contributed by atoms with Crippen molar-refractivity contribution in [3.63, 3.8) is 0 Å². The van der Waals surface area contributed by atoms with E-state index in [1.165, 1.54) is 0 Å². The molecule has 3 heteroatoms. The predicted molar refractivity (Wildman–Crippen MR) is 46.5 cm³/mol. The maximum atomic E-state index is 9.05. The molecule has 0 bridgehead atoms. The molecule has 0 aliphatic carbocycles. The van der Waals surface area contributed by atoms with E-state index in [1.807, 2.05) is 12.1 Å². The summed E-state index contributed by atoms with van der Waals surface area (Å²) in [4.78, 5) is 0. The van der Waals surface area contributed by atoms with Gasteiger partial charge in [0.15, 0.2) is 0 Å². The largest absolute Gasteiger partial charge is 0.392 e. The summed E-state index contributed by atoms with van der Waals surface area (Å²) in [6, 6.07) is 3.77. The zero-order valence-corrected chi connectivity index (χ0v) is 6.54. The Hall–Kier alpha value is -1.35. The minimum atomic E-state index is 0.00963. The number of fused-ring (bicyclic) bond motifs is 1. The molecule has 0 atom stereocenters. The molecule has 61 valence electrons. The van der Waals surface area contributed by atoms with Gasteiger partial charge in [-0.25, -0.2) is 0 Å². The van der Waals surface area contributed by atoms with Crippen molar-refractivity contribution in [2.75, 3.05) is 0 Å². The van der Waals surface area contributed by atoms with Crippen molar-refractivity contribution in [1.82, 2.24) is 10.2 Å². The van der Waals surface area contributed by atoms with Crippen LogP contribution in [-0.2, 0) is 6.61 Å². The van der Waals surface area contributed by atoms with E-state index in [1.54, 1.807) is 6.20 Å². The van der Waals surface area contributed by atoms with Crippen LogP contribution in [0.4, 0.5) is 0 Å². The lowest BCUT2D eigenvalue weighted by molar-refractivity contribution is 0.283. The summed E-state index contributed by atoms with van der Waals surface area (Å²) in [6.07, 6.45) is 1.70. The van der Waals surface area contributed by atoms with E-state index >= 15 is 0 Å². The third-order valence-corrected chi connectivity index (χ3v) is 1.99. The number of aromatic amines is 1. The molecule has 0 aliphatic heterocycles. The number of H-pyrrole nitrogens is 1. The lowest BCUT2D eigenvalue weighted by atomic mass is 10.1. The Morgan fingerprint density at radius 2 is 2.33 bits per heavy atom. The first kappa shape index (κ1) is 7.31. The summed E-state index contributed by atoms with van der Waals surface area (Å²) >= 11 is 0. The molecule has 0 aliphatic rings. The van der Waals surface area contributed by atoms with Gasteiger partial charge in [-0.05, 0) is 24.1 Å². The van der Waals surface area contributed by atoms with Crippen LogP contribution in [0.2, 0.25) is 0 Å². The van der Waals surface area contributed by atoms with Crippen molar-refractivity contribution < 1.29 is 5.11 Å². The Bertz CT molecular complexity index is 406. The van der Waals surface area contributed by atoms with E-state index in [0.717, 1.165) is 22.0 Å². The van der Waals surface area contributed by atoms with Crippen molar-refractivity contribution in [3.05, 3.63) is 36.4 Å². The van der Waals surface area contributed by atoms with Crippen molar-refractivity contribution in [3.8, 4) is 0 Å². The van der Waals surface area contributed by atoms with Gasteiger partial charge in [-0.15, -0.1) is 0 Å². The molecule has 2 N–H and O–H groups in total. The van der Waals surface area contributed by atoms with Crippen LogP contribution in [0.5, 0.6) is 0 Å². The van der Waals surface area contributed by atoms with Crippen LogP contribution in [0.3, 0.4) is 0 Å². The van der Waals surface area contributed by atoms with E-state index < -0.39 is 0 Å². The van der Waals surface area contributed by atoms with Gasteiger partial charge < -0.3 is 5.11 Å². The van der Waals surface area contributed by atoms with Crippen molar-refractivity contribution in [2.24, 2.45) is 0 Å². The third kappa shape index (κ3) is 0.905. The highest BCUT2D eigenvalue weighted by Gasteiger charge is 2.03. The first-order valence-electron chi connectivity index (χ1n) is 3.70. The van der Waals surface area contributed by atoms with Gasteiger partial charge >= 0.3 is 0 Å². The van der Waals surface area contributed by atoms with Gasteiger partial charge in [0.25, 0.3) is 0 Å². The summed E-state index contributed by atoms with van der Waals surface area (Å²) in [7, 11) is 0. The second kappa shape index (κ2) is 2.60. The van der Waals surface area contributed by atoms with Crippen molar-refractivity contribution in [1.29, 1.82) is 0 Å². The molecule has 0 saturated heterocycles. The quantitative estimate of drug-likeness (QED) is 0.661. The zero-order valence-electron chi connectivity index (χ0n) is 6.54. The molecule has 3 nitrogen and oxygen atoms in total. The zero-order chi connectivity index (χ0) is 8.55. The van der Waals surface area contributed by atoms with Gasteiger partial charge in [0.05, 0.1) is 18.3 Å². The molecular weight excluding hydrogens is 152 g/mol. The standard InChI is InChI=1S/C9H9N2O/c1-6-2-3-9-7(4-10-11-9)8(6)5-12/h2-4,12H,1,5H2,(H,10,11). The fourth-order valence-corrected chi connectivity index (χ4v) is 1.31. The third-order valence-electron chi connectivity index (χ3n) is 1.99. The van der Waals surface area contributed by atoms with Crippen LogP contribution in [0.15, 0.2) is 18.3 Å². The predicted octanol–water partition coefficient (Wildman–Crippen LogP) is 1.24. The number of hydrogen-bond donors (Lipinski definition) is 2. The maximum Gasteiger partial charge on any atom is 0.0691 e. The molecule has 0 unspecified atom stereocenters. The Kier molecular flexibility index (Phi) is 1.59. The topological polar surface area (TPSA) is 48.9 Å². The highest BCUT2D eigenvalue weighted by atomic mass is 16.3. The number of aliphatic hydroxyl groups is 1. The number of aliphatic hydroxyl groups excluding tert-OH is 1. The summed E-state index contributed by atoms with van der Waals surface area (Å²) in [6.45, 7) is 3.83. The fourth-order valence-electron chi connectivity index (χ4n) is 1.31. The second-order valence-corrected chi connectivity index (χ2v) is 2.69. The first-order valence-corrected chi connectivity index (χ1v) is 3.70. The molecule has 0 saturated carbocycles. The van der Waals surface area contributed by atoms with Crippen LogP contribution in [0, 0.1) is 6.92 Å². The summed E-state index contributed by atoms with van der Waals surface area (Å²) in [5.74, 6) is 0. The molecule has 2 rings (SSSR count). The number of rotatable bonds is 1. The molecular formula is C9H9N2O. The molecule has 0 fully saturated rings. The number of aromatic nitrogens is 2. The van der Waals surface area contributed by atoms with Gasteiger partial charge in [0.1, 0.15) is 0 Å². The van der Waals surface area contributed by atoms with E-state index in [9.17, 15) is 0 Å². The molecule has 12 heavy (non-hydrogen) atoms. The molecule has 1 radical (unpaired) electrons. The number of nitrogens with zero attached hydrogens (tertiary/aromatic N) is 1. The summed E-state index contributed by atoms with van der Waals surface area (Å²) < 4.78 is 0. The maximum absolute atomic E-state index is 9.05. The van der Waals surface area contributed by atoms with Gasteiger partial charge in [0, 0.05) is 5.39 Å². The average molecular weight is 161 g/mol. The first-order chi connectivity index (χ1) is 5.83. The van der Waals surface area contributed by atoms with E-state index in [0.29, 0.717) is 0 Å². The summed E-state index contributed by atoms with van der Waals surface area (Å²) in [5.41, 5.74) is 2.64. The van der Waals surface area contributed by atoms with Crippen LogP contribution in [-0.4, -0.2) is 15.3 Å². The Morgan fingerprint density at radius 1 is 1.50 bits per heavy atom. The minimum Gasteiger partial charge on any atom is -0.392 e. The minimum absolute atomic E-state index is 0.00963. The SMILES string of the molecule is [CH2]c1ccc2[nH]ncc2c1CO. The smallest absolute Gasteiger partial charge is 0.0691 e. The number of nitrogens with one attached hydrogen (secondary N) is 1. The lowest BCUT2D eigenvalue weighted by Crippen LogP contribution is -1.88. The van der Waals surface area contributed by atoms with Crippen LogP contribution in [0.1, 0.15) is 11.1 Å². The number of benzene rings is 1. The van der Waals surface area contributed by atoms with Crippen LogP contribution < -0.4 is 0 Å². The van der Waals surface area contributed by atoms with Crippen LogP contribution in [0.25, 0.3) is 10.9 Å². The highest BCUT2D eigenvalue weighted by molar-refractivity contribution is 5.82. The highest BCUT2D eigenvalue weighted by Crippen LogP contribution is 2.19. The van der Waals surface area contributed by atoms with E-state index in [2.05, 4.69) is 17.1 Å². The molecule has 2 aromatic rings. The van der Waals surface area contributed by atoms with Crippen molar-refractivity contribution >= 4 is 10.9 Å². The molecule has 1 heterocycles.